The molecule has 0 N–H and O–H groups in total. The Morgan fingerprint density at radius 2 is 1.72 bits per heavy atom. The van der Waals surface area contributed by atoms with Crippen molar-refractivity contribution in [3.63, 3.8) is 0 Å². The van der Waals surface area contributed by atoms with E-state index in [1.54, 1.807) is 0 Å². The van der Waals surface area contributed by atoms with Crippen molar-refractivity contribution in [2.75, 3.05) is 0 Å². The molecule has 2 rings (SSSR count). The smallest absolute Gasteiger partial charge is 0.248 e. The first-order valence-corrected chi connectivity index (χ1v) is 6.68. The summed E-state index contributed by atoms with van der Waals surface area (Å²) in [6.07, 6.45) is 1.88. The molecular weight excluding hydrogens is 381 g/mol. The molecule has 0 spiro atoms. The molecule has 2 aromatic rings. The molecule has 0 fully saturated rings. The third kappa shape index (κ3) is 3.90. The van der Waals surface area contributed by atoms with Gasteiger partial charge in [-0.2, -0.15) is 4.57 Å². The zero-order valence-corrected chi connectivity index (χ0v) is 13.2. The Kier molecular flexibility index (Phi) is 5.99. The number of hydrogen-bond acceptors (Lipinski definition) is 1. The first kappa shape index (κ1) is 15.3. The van der Waals surface area contributed by atoms with E-state index in [1.165, 1.54) is 0 Å². The lowest BCUT2D eigenvalue weighted by atomic mass is 10.1. The van der Waals surface area contributed by atoms with E-state index in [1.807, 2.05) is 53.2 Å². The van der Waals surface area contributed by atoms with Gasteiger partial charge in [-0.05, 0) is 18.2 Å². The molecule has 1 heterocycles. The topological polar surface area (TPSA) is 20.9 Å². The van der Waals surface area contributed by atoms with Gasteiger partial charge in [0.05, 0.1) is 0 Å². The zero-order valence-electron chi connectivity index (χ0n) is 9.32. The molecule has 0 radical (unpaired) electrons. The SMILES string of the molecule is O=C(C[n+]1ccccc1Br)c1ccc(Br)cc1.[Cl-]. The fourth-order valence-electron chi connectivity index (χ4n) is 1.47. The Morgan fingerprint density at radius 3 is 2.33 bits per heavy atom. The maximum Gasteiger partial charge on any atom is 0.248 e. The van der Waals surface area contributed by atoms with E-state index < -0.39 is 0 Å². The molecule has 0 bridgehead atoms. The second kappa shape index (κ2) is 7.02. The van der Waals surface area contributed by atoms with Crippen LogP contribution in [0.5, 0.6) is 0 Å². The molecular formula is C13H10Br2ClNO. The summed E-state index contributed by atoms with van der Waals surface area (Å²) in [5, 5.41) is 0. The summed E-state index contributed by atoms with van der Waals surface area (Å²) in [5.74, 6) is 0.0920. The van der Waals surface area contributed by atoms with Crippen LogP contribution in [0.1, 0.15) is 10.4 Å². The van der Waals surface area contributed by atoms with Crippen LogP contribution in [0.3, 0.4) is 0 Å². The van der Waals surface area contributed by atoms with Crippen molar-refractivity contribution in [1.82, 2.24) is 0 Å². The Labute approximate surface area is 129 Å². The fraction of sp³-hybridized carbons (Fsp3) is 0.0769. The molecule has 0 amide bonds. The highest BCUT2D eigenvalue weighted by atomic mass is 79.9. The van der Waals surface area contributed by atoms with Gasteiger partial charge in [-0.1, -0.05) is 28.1 Å². The quantitative estimate of drug-likeness (QED) is 0.421. The maximum atomic E-state index is 12.0. The van der Waals surface area contributed by atoms with Crippen molar-refractivity contribution in [3.8, 4) is 0 Å². The highest BCUT2D eigenvalue weighted by molar-refractivity contribution is 9.10. The van der Waals surface area contributed by atoms with Gasteiger partial charge in [-0.25, -0.2) is 0 Å². The van der Waals surface area contributed by atoms with Crippen LogP contribution in [0.2, 0.25) is 0 Å². The fourth-order valence-corrected chi connectivity index (χ4v) is 2.13. The van der Waals surface area contributed by atoms with Gasteiger partial charge in [0.15, 0.2) is 6.20 Å². The number of nitrogens with zero attached hydrogens (tertiary/aromatic N) is 1. The minimum absolute atomic E-state index is 0. The van der Waals surface area contributed by atoms with E-state index in [9.17, 15) is 4.79 Å². The maximum absolute atomic E-state index is 12.0. The van der Waals surface area contributed by atoms with E-state index >= 15 is 0 Å². The predicted molar refractivity (Wildman–Crippen MR) is 72.8 cm³/mol. The third-order valence-electron chi connectivity index (χ3n) is 2.37. The van der Waals surface area contributed by atoms with Gasteiger partial charge in [0, 0.05) is 38.1 Å². The monoisotopic (exact) mass is 389 g/mol. The number of ketones is 1. The number of rotatable bonds is 3. The normalized spacial score (nSPS) is 9.67. The van der Waals surface area contributed by atoms with Crippen LogP contribution in [0, 0.1) is 0 Å². The number of Topliss-reactive ketones (excluding diaryl/α,β-unsaturated/α-hetero) is 1. The van der Waals surface area contributed by atoms with Crippen molar-refractivity contribution >= 4 is 37.6 Å². The van der Waals surface area contributed by atoms with E-state index in [4.69, 9.17) is 0 Å². The lowest BCUT2D eigenvalue weighted by molar-refractivity contribution is -0.694. The van der Waals surface area contributed by atoms with Crippen LogP contribution < -0.4 is 17.0 Å². The molecule has 0 saturated heterocycles. The molecule has 0 saturated carbocycles. The second-order valence-corrected chi connectivity index (χ2v) is 5.31. The average Bonchev–Trinajstić information content (AvgIpc) is 2.33. The van der Waals surface area contributed by atoms with Gasteiger partial charge in [0.25, 0.3) is 0 Å². The molecule has 0 unspecified atom stereocenters. The van der Waals surface area contributed by atoms with Crippen LogP contribution in [-0.4, -0.2) is 5.78 Å². The average molecular weight is 391 g/mol. The summed E-state index contributed by atoms with van der Waals surface area (Å²) in [6, 6.07) is 13.1. The Bertz CT molecular complexity index is 543. The van der Waals surface area contributed by atoms with Crippen LogP contribution in [-0.2, 0) is 6.54 Å². The Hall–Kier alpha value is -0.710. The highest BCUT2D eigenvalue weighted by Gasteiger charge is 2.14. The standard InChI is InChI=1S/C13H10Br2NO.ClH/c14-11-6-4-10(5-7-11)12(17)9-16-8-2-1-3-13(16)15;/h1-8H,9H2;1H/q+1;/p-1. The number of benzene rings is 1. The number of halogens is 3. The van der Waals surface area contributed by atoms with E-state index in [-0.39, 0.29) is 18.2 Å². The second-order valence-electron chi connectivity index (χ2n) is 3.58. The largest absolute Gasteiger partial charge is 1.00 e. The van der Waals surface area contributed by atoms with Gasteiger partial charge in [0.1, 0.15) is 0 Å². The molecule has 94 valence electrons. The van der Waals surface area contributed by atoms with E-state index in [2.05, 4.69) is 31.9 Å². The molecule has 1 aromatic heterocycles. The van der Waals surface area contributed by atoms with Crippen molar-refractivity contribution < 1.29 is 21.8 Å². The molecule has 18 heavy (non-hydrogen) atoms. The molecule has 0 aliphatic heterocycles. The van der Waals surface area contributed by atoms with Crippen LogP contribution >= 0.6 is 31.9 Å². The molecule has 5 heteroatoms. The van der Waals surface area contributed by atoms with Crippen LogP contribution in [0.25, 0.3) is 0 Å². The number of hydrogen-bond donors (Lipinski definition) is 0. The number of carbonyl (C=O) groups excluding carboxylic acids is 1. The number of carbonyl (C=O) groups is 1. The minimum Gasteiger partial charge on any atom is -1.00 e. The molecule has 2 nitrogen and oxygen atoms in total. The Morgan fingerprint density at radius 1 is 1.06 bits per heavy atom. The van der Waals surface area contributed by atoms with Crippen molar-refractivity contribution in [3.05, 3.63) is 63.3 Å². The van der Waals surface area contributed by atoms with E-state index in [0.717, 1.165) is 14.6 Å². The summed E-state index contributed by atoms with van der Waals surface area (Å²) >= 11 is 6.76. The van der Waals surface area contributed by atoms with Crippen molar-refractivity contribution in [1.29, 1.82) is 0 Å². The molecule has 0 atom stereocenters. The summed E-state index contributed by atoms with van der Waals surface area (Å²) in [7, 11) is 0. The summed E-state index contributed by atoms with van der Waals surface area (Å²) in [5.41, 5.74) is 0.719. The van der Waals surface area contributed by atoms with Crippen LogP contribution in [0.4, 0.5) is 0 Å². The van der Waals surface area contributed by atoms with E-state index in [0.29, 0.717) is 6.54 Å². The summed E-state index contributed by atoms with van der Waals surface area (Å²) < 4.78 is 3.73. The first-order chi connectivity index (χ1) is 8.16. The molecule has 0 aliphatic carbocycles. The van der Waals surface area contributed by atoms with Crippen molar-refractivity contribution in [2.45, 2.75) is 6.54 Å². The third-order valence-corrected chi connectivity index (χ3v) is 3.61. The number of pyridine rings is 1. The minimum atomic E-state index is 0. The van der Waals surface area contributed by atoms with Crippen molar-refractivity contribution in [2.24, 2.45) is 0 Å². The van der Waals surface area contributed by atoms with Gasteiger partial charge >= 0.3 is 0 Å². The molecule has 0 aliphatic rings. The zero-order chi connectivity index (χ0) is 12.3. The lowest BCUT2D eigenvalue weighted by Gasteiger charge is -1.99. The van der Waals surface area contributed by atoms with Gasteiger partial charge in [-0.3, -0.25) is 4.79 Å². The molecule has 1 aromatic carbocycles. The van der Waals surface area contributed by atoms with Crippen LogP contribution in [0.15, 0.2) is 57.7 Å². The van der Waals surface area contributed by atoms with Gasteiger partial charge < -0.3 is 12.4 Å². The highest BCUT2D eigenvalue weighted by Crippen LogP contribution is 2.11. The summed E-state index contributed by atoms with van der Waals surface area (Å²) in [4.78, 5) is 12.0. The summed E-state index contributed by atoms with van der Waals surface area (Å²) in [6.45, 7) is 0.336. The predicted octanol–water partition coefficient (Wildman–Crippen LogP) is 0.386. The van der Waals surface area contributed by atoms with Gasteiger partial charge in [0.2, 0.25) is 16.9 Å². The lowest BCUT2D eigenvalue weighted by Crippen LogP contribution is -3.00. The van der Waals surface area contributed by atoms with Gasteiger partial charge in [-0.15, -0.1) is 0 Å². The first-order valence-electron chi connectivity index (χ1n) is 5.09. The Balaban J connectivity index is 0.00000162. The number of aromatic nitrogens is 1.